The topological polar surface area (TPSA) is 0 Å². The first-order valence-corrected chi connectivity index (χ1v) is 12.5. The van der Waals surface area contributed by atoms with Crippen molar-refractivity contribution in [3.8, 4) is 0 Å². The molecule has 0 saturated heterocycles. The van der Waals surface area contributed by atoms with Crippen LogP contribution in [-0.4, -0.2) is 0 Å². The van der Waals surface area contributed by atoms with Gasteiger partial charge in [-0.3, -0.25) is 0 Å². The Hall–Kier alpha value is -0.770. The Kier molecular flexibility index (Phi) is 7.47. The molecule has 1 aromatic carbocycles. The number of allylic oxidation sites excluding steroid dienone is 7. The largest absolute Gasteiger partial charge is 0.147 e. The van der Waals surface area contributed by atoms with Crippen molar-refractivity contribution in [2.45, 2.75) is 72.6 Å². The highest BCUT2D eigenvalue weighted by Crippen LogP contribution is 2.50. The van der Waals surface area contributed by atoms with Crippen molar-refractivity contribution in [2.24, 2.45) is 11.8 Å². The van der Waals surface area contributed by atoms with E-state index in [0.29, 0.717) is 11.8 Å². The lowest BCUT2D eigenvalue weighted by Crippen LogP contribution is -2.21. The normalized spacial score (nSPS) is 23.0. The Labute approximate surface area is 200 Å². The van der Waals surface area contributed by atoms with Gasteiger partial charge in [0.2, 0.25) is 0 Å². The molecule has 0 fully saturated rings. The first kappa shape index (κ1) is 23.9. The minimum Gasteiger partial charge on any atom is -0.147 e. The molecule has 3 rings (SSSR count). The number of thiol groups is 3. The second-order valence-corrected chi connectivity index (χ2v) is 11.1. The van der Waals surface area contributed by atoms with Crippen LogP contribution in [0.2, 0.25) is 0 Å². The zero-order chi connectivity index (χ0) is 22.2. The van der Waals surface area contributed by atoms with E-state index in [2.05, 4.69) is 71.9 Å². The predicted molar refractivity (Wildman–Crippen MR) is 145 cm³/mol. The molecule has 0 radical (unpaired) electrons. The first-order valence-electron chi connectivity index (χ1n) is 11.2. The van der Waals surface area contributed by atoms with Gasteiger partial charge >= 0.3 is 0 Å². The van der Waals surface area contributed by atoms with Crippen molar-refractivity contribution in [1.82, 2.24) is 0 Å². The Morgan fingerprint density at radius 1 is 0.967 bits per heavy atom. The molecule has 0 heterocycles. The van der Waals surface area contributed by atoms with E-state index in [1.807, 2.05) is 0 Å². The van der Waals surface area contributed by atoms with Crippen LogP contribution in [0.15, 0.2) is 45.1 Å². The zero-order valence-corrected chi connectivity index (χ0v) is 21.9. The quantitative estimate of drug-likeness (QED) is 0.372. The van der Waals surface area contributed by atoms with Gasteiger partial charge in [0, 0.05) is 10.5 Å². The molecule has 2 atom stereocenters. The summed E-state index contributed by atoms with van der Waals surface area (Å²) < 4.78 is 0. The first-order chi connectivity index (χ1) is 14.1. The number of hydrogen-bond donors (Lipinski definition) is 3. The Morgan fingerprint density at radius 2 is 1.60 bits per heavy atom. The fourth-order valence-corrected chi connectivity index (χ4v) is 6.14. The third-order valence-corrected chi connectivity index (χ3v) is 8.53. The predicted octanol–water partition coefficient (Wildman–Crippen LogP) is 8.67. The van der Waals surface area contributed by atoms with E-state index in [4.69, 9.17) is 37.9 Å². The van der Waals surface area contributed by atoms with Gasteiger partial charge in [-0.15, -0.1) is 37.9 Å². The van der Waals surface area contributed by atoms with E-state index in [1.54, 1.807) is 0 Å². The van der Waals surface area contributed by atoms with Gasteiger partial charge in [-0.1, -0.05) is 71.9 Å². The van der Waals surface area contributed by atoms with Crippen LogP contribution < -0.4 is 0 Å². The molecule has 1 aromatic rings. The van der Waals surface area contributed by atoms with E-state index in [0.717, 1.165) is 39.6 Å². The second kappa shape index (κ2) is 9.38. The van der Waals surface area contributed by atoms with Gasteiger partial charge in [0.15, 0.2) is 0 Å². The van der Waals surface area contributed by atoms with Crippen molar-refractivity contribution in [3.05, 3.63) is 67.3 Å². The average molecular weight is 457 g/mol. The van der Waals surface area contributed by atoms with Gasteiger partial charge in [-0.05, 0) is 80.6 Å². The third kappa shape index (κ3) is 4.40. The molecule has 0 aliphatic heterocycles. The van der Waals surface area contributed by atoms with E-state index in [1.165, 1.54) is 34.2 Å². The standard InChI is InChI=1S/C27H36S3/c1-7-19-20(18-12-10-8-9-11-13-18)14-15-21(23(19)27(4,5)6)22-24(28)16(2)17(3)25(29)26(22)30/h8,10,12,14-17,28-30H,7,9,11,13H2,1-6H3. The van der Waals surface area contributed by atoms with Gasteiger partial charge in [0.1, 0.15) is 0 Å². The van der Waals surface area contributed by atoms with Gasteiger partial charge < -0.3 is 0 Å². The summed E-state index contributed by atoms with van der Waals surface area (Å²) in [6.45, 7) is 13.7. The molecule has 0 saturated carbocycles. The molecule has 2 aliphatic carbocycles. The summed E-state index contributed by atoms with van der Waals surface area (Å²) in [5, 5.41) is 0. The SMILES string of the molecule is CCc1c(C2=CC=CCCC2)ccc(C2=C(S)C(C)C(C)C(S)=C2S)c1C(C)(C)C. The van der Waals surface area contributed by atoms with Crippen molar-refractivity contribution in [1.29, 1.82) is 0 Å². The molecule has 3 heteroatoms. The van der Waals surface area contributed by atoms with Crippen LogP contribution >= 0.6 is 37.9 Å². The highest BCUT2D eigenvalue weighted by molar-refractivity contribution is 7.89. The lowest BCUT2D eigenvalue weighted by molar-refractivity contribution is 0.538. The molecule has 30 heavy (non-hydrogen) atoms. The summed E-state index contributed by atoms with van der Waals surface area (Å²) in [7, 11) is 0. The molecule has 0 nitrogen and oxygen atoms in total. The van der Waals surface area contributed by atoms with Crippen molar-refractivity contribution < 1.29 is 0 Å². The van der Waals surface area contributed by atoms with E-state index in [-0.39, 0.29) is 5.41 Å². The lowest BCUT2D eigenvalue weighted by atomic mass is 9.74. The van der Waals surface area contributed by atoms with Crippen LogP contribution in [0.1, 0.15) is 83.1 Å². The molecule has 0 amide bonds. The Morgan fingerprint density at radius 3 is 2.23 bits per heavy atom. The second-order valence-electron chi connectivity index (χ2n) is 9.70. The van der Waals surface area contributed by atoms with E-state index in [9.17, 15) is 0 Å². The molecule has 2 aliphatic rings. The summed E-state index contributed by atoms with van der Waals surface area (Å²) in [5.74, 6) is 0.669. The molecule has 0 aromatic heterocycles. The third-order valence-electron chi connectivity index (χ3n) is 6.63. The summed E-state index contributed by atoms with van der Waals surface area (Å²) in [5.41, 5.74) is 8.20. The van der Waals surface area contributed by atoms with Crippen LogP contribution in [0.25, 0.3) is 11.1 Å². The molecule has 0 bridgehead atoms. The van der Waals surface area contributed by atoms with Gasteiger partial charge in [0.25, 0.3) is 0 Å². The minimum atomic E-state index is 0.00991. The number of rotatable bonds is 3. The monoisotopic (exact) mass is 456 g/mol. The average Bonchev–Trinajstić information content (AvgIpc) is 2.99. The number of hydrogen-bond acceptors (Lipinski definition) is 3. The van der Waals surface area contributed by atoms with Crippen LogP contribution in [0.5, 0.6) is 0 Å². The maximum Gasteiger partial charge on any atom is 0.0223 e. The summed E-state index contributed by atoms with van der Waals surface area (Å²) >= 11 is 14.8. The van der Waals surface area contributed by atoms with E-state index >= 15 is 0 Å². The minimum absolute atomic E-state index is 0.00991. The zero-order valence-electron chi connectivity index (χ0n) is 19.2. The van der Waals surface area contributed by atoms with Crippen LogP contribution in [0.4, 0.5) is 0 Å². The van der Waals surface area contributed by atoms with Gasteiger partial charge in [-0.2, -0.15) is 0 Å². The molecule has 2 unspecified atom stereocenters. The highest BCUT2D eigenvalue weighted by Gasteiger charge is 2.33. The van der Waals surface area contributed by atoms with Gasteiger partial charge in [0.05, 0.1) is 0 Å². The van der Waals surface area contributed by atoms with Crippen LogP contribution in [0, 0.1) is 11.8 Å². The highest BCUT2D eigenvalue weighted by atomic mass is 32.1. The smallest absolute Gasteiger partial charge is 0.0223 e. The van der Waals surface area contributed by atoms with Crippen LogP contribution in [0.3, 0.4) is 0 Å². The molecule has 0 N–H and O–H groups in total. The van der Waals surface area contributed by atoms with Crippen LogP contribution in [-0.2, 0) is 11.8 Å². The lowest BCUT2D eigenvalue weighted by Gasteiger charge is -2.34. The molecule has 162 valence electrons. The Balaban J connectivity index is 2.32. The van der Waals surface area contributed by atoms with Gasteiger partial charge in [-0.25, -0.2) is 0 Å². The maximum atomic E-state index is 5.01. The van der Waals surface area contributed by atoms with Crippen molar-refractivity contribution in [3.63, 3.8) is 0 Å². The maximum absolute atomic E-state index is 5.01. The van der Waals surface area contributed by atoms with Crippen molar-refractivity contribution >= 4 is 49.0 Å². The molecule has 0 spiro atoms. The summed E-state index contributed by atoms with van der Waals surface area (Å²) in [6.07, 6.45) is 11.4. The fraction of sp³-hybridized carbons (Fsp3) is 0.481. The fourth-order valence-electron chi connectivity index (χ4n) is 4.81. The van der Waals surface area contributed by atoms with Crippen molar-refractivity contribution in [2.75, 3.05) is 0 Å². The summed E-state index contributed by atoms with van der Waals surface area (Å²) in [6, 6.07) is 4.65. The molecular weight excluding hydrogens is 420 g/mol. The summed E-state index contributed by atoms with van der Waals surface area (Å²) in [4.78, 5) is 3.17. The molecular formula is C27H36S3. The number of benzene rings is 1. The Bertz CT molecular complexity index is 951. The van der Waals surface area contributed by atoms with E-state index < -0.39 is 0 Å².